The lowest BCUT2D eigenvalue weighted by Crippen LogP contribution is -1.99. The monoisotopic (exact) mass is 365 g/mol. The van der Waals surface area contributed by atoms with Crippen LogP contribution < -0.4 is 5.32 Å². The molecule has 1 aromatic heterocycles. The van der Waals surface area contributed by atoms with Gasteiger partial charge in [-0.1, -0.05) is 34.8 Å². The number of benzene rings is 1. The van der Waals surface area contributed by atoms with E-state index in [0.717, 1.165) is 10.0 Å². The van der Waals surface area contributed by atoms with Gasteiger partial charge < -0.3 is 5.32 Å². The topological polar surface area (TPSA) is 37.8 Å². The van der Waals surface area contributed by atoms with Crippen LogP contribution in [-0.2, 0) is 0 Å². The minimum absolute atomic E-state index is 0.395. The fourth-order valence-corrected chi connectivity index (χ4v) is 2.26. The Morgan fingerprint density at radius 3 is 2.56 bits per heavy atom. The zero-order valence-electron chi connectivity index (χ0n) is 9.14. The van der Waals surface area contributed by atoms with Crippen LogP contribution in [0.4, 0.5) is 11.5 Å². The van der Waals surface area contributed by atoms with E-state index in [1.165, 1.54) is 6.33 Å². The summed E-state index contributed by atoms with van der Waals surface area (Å²) in [5.74, 6) is 0.593. The Balaban J connectivity index is 2.41. The van der Waals surface area contributed by atoms with Crippen LogP contribution in [0.3, 0.4) is 0 Å². The third kappa shape index (κ3) is 2.72. The molecule has 0 unspecified atom stereocenters. The van der Waals surface area contributed by atoms with E-state index in [9.17, 15) is 0 Å². The fraction of sp³-hybridized carbons (Fsp3) is 0.0909. The Kier molecular flexibility index (Phi) is 4.33. The van der Waals surface area contributed by atoms with E-state index < -0.39 is 0 Å². The van der Waals surface area contributed by atoms with Gasteiger partial charge in [-0.2, -0.15) is 0 Å². The van der Waals surface area contributed by atoms with Crippen LogP contribution in [0.2, 0.25) is 15.2 Å². The Hall–Kier alpha value is -0.550. The van der Waals surface area contributed by atoms with Crippen LogP contribution in [0.15, 0.2) is 22.9 Å². The summed E-state index contributed by atoms with van der Waals surface area (Å²) in [5, 5.41) is 4.33. The highest BCUT2D eigenvalue weighted by atomic mass is 79.9. The molecule has 0 amide bonds. The Morgan fingerprint density at radius 2 is 1.83 bits per heavy atom. The van der Waals surface area contributed by atoms with Crippen LogP contribution >= 0.6 is 50.7 Å². The van der Waals surface area contributed by atoms with Crippen molar-refractivity contribution in [2.75, 3.05) is 5.32 Å². The van der Waals surface area contributed by atoms with Crippen LogP contribution in [0, 0.1) is 6.92 Å². The first-order valence-corrected chi connectivity index (χ1v) is 6.81. The van der Waals surface area contributed by atoms with Gasteiger partial charge in [0, 0.05) is 10.0 Å². The molecule has 1 heterocycles. The van der Waals surface area contributed by atoms with Crippen LogP contribution in [0.1, 0.15) is 5.56 Å². The van der Waals surface area contributed by atoms with Gasteiger partial charge in [-0.3, -0.25) is 0 Å². The molecule has 7 heteroatoms. The number of nitrogens with one attached hydrogen (secondary N) is 1. The minimum Gasteiger partial charge on any atom is -0.339 e. The third-order valence-electron chi connectivity index (χ3n) is 2.31. The number of aromatic nitrogens is 2. The third-order valence-corrected chi connectivity index (χ3v) is 4.46. The molecular weight excluding hydrogens is 360 g/mol. The first-order chi connectivity index (χ1) is 8.50. The van der Waals surface area contributed by atoms with E-state index in [0.29, 0.717) is 26.7 Å². The quantitative estimate of drug-likeness (QED) is 0.582. The predicted molar refractivity (Wildman–Crippen MR) is 79.2 cm³/mol. The van der Waals surface area contributed by atoms with E-state index in [1.54, 1.807) is 12.1 Å². The summed E-state index contributed by atoms with van der Waals surface area (Å²) in [6, 6.07) is 3.60. The zero-order chi connectivity index (χ0) is 13.3. The molecule has 0 bridgehead atoms. The average molecular weight is 367 g/mol. The van der Waals surface area contributed by atoms with Crippen molar-refractivity contribution in [2.24, 2.45) is 0 Å². The smallest absolute Gasteiger partial charge is 0.138 e. The number of halogens is 4. The lowest BCUT2D eigenvalue weighted by atomic mass is 10.3. The van der Waals surface area contributed by atoms with Crippen molar-refractivity contribution in [1.29, 1.82) is 0 Å². The predicted octanol–water partition coefficient (Wildman–Crippen LogP) is 5.25. The first kappa shape index (κ1) is 13.9. The molecule has 0 fully saturated rings. The second kappa shape index (κ2) is 5.61. The standard InChI is InChI=1S/C11H7BrCl3N3/c1-5-10(15)16-4-17-11(5)18-7-3-2-6(12)8(13)9(7)14/h2-4H,1H3,(H,16,17,18). The van der Waals surface area contributed by atoms with Gasteiger partial charge in [0.2, 0.25) is 0 Å². The number of rotatable bonds is 2. The van der Waals surface area contributed by atoms with E-state index in [4.69, 9.17) is 34.8 Å². The maximum absolute atomic E-state index is 6.14. The van der Waals surface area contributed by atoms with E-state index in [1.807, 2.05) is 6.92 Å². The molecule has 94 valence electrons. The molecule has 18 heavy (non-hydrogen) atoms. The molecule has 2 aromatic rings. The summed E-state index contributed by atoms with van der Waals surface area (Å²) in [4.78, 5) is 7.99. The lowest BCUT2D eigenvalue weighted by Gasteiger charge is -2.11. The molecule has 0 atom stereocenters. The first-order valence-electron chi connectivity index (χ1n) is 4.88. The highest BCUT2D eigenvalue weighted by Gasteiger charge is 2.11. The molecule has 0 spiro atoms. The van der Waals surface area contributed by atoms with Gasteiger partial charge in [-0.15, -0.1) is 0 Å². The Bertz CT molecular complexity index is 604. The van der Waals surface area contributed by atoms with Crippen molar-refractivity contribution in [3.05, 3.63) is 43.7 Å². The molecule has 0 aliphatic carbocycles. The molecule has 3 nitrogen and oxygen atoms in total. The van der Waals surface area contributed by atoms with Crippen molar-refractivity contribution in [3.63, 3.8) is 0 Å². The van der Waals surface area contributed by atoms with Crippen molar-refractivity contribution >= 4 is 62.2 Å². The van der Waals surface area contributed by atoms with E-state index >= 15 is 0 Å². The zero-order valence-corrected chi connectivity index (χ0v) is 13.0. The molecule has 0 radical (unpaired) electrons. The highest BCUT2D eigenvalue weighted by molar-refractivity contribution is 9.10. The van der Waals surface area contributed by atoms with E-state index in [2.05, 4.69) is 31.2 Å². The maximum Gasteiger partial charge on any atom is 0.138 e. The van der Waals surface area contributed by atoms with Gasteiger partial charge >= 0.3 is 0 Å². The van der Waals surface area contributed by atoms with Crippen molar-refractivity contribution in [2.45, 2.75) is 6.92 Å². The molecule has 0 saturated carbocycles. The number of hydrogen-bond acceptors (Lipinski definition) is 3. The Labute approximate surface area is 128 Å². The lowest BCUT2D eigenvalue weighted by molar-refractivity contribution is 1.13. The summed E-state index contributed by atoms with van der Waals surface area (Å²) < 4.78 is 0.733. The second-order valence-corrected chi connectivity index (χ2v) is 5.45. The van der Waals surface area contributed by atoms with Gasteiger partial charge in [0.05, 0.1) is 15.7 Å². The molecule has 1 N–H and O–H groups in total. The molecule has 0 aliphatic heterocycles. The van der Waals surface area contributed by atoms with Crippen LogP contribution in [0.5, 0.6) is 0 Å². The van der Waals surface area contributed by atoms with Crippen LogP contribution in [0.25, 0.3) is 0 Å². The number of hydrogen-bond donors (Lipinski definition) is 1. The summed E-state index contributed by atoms with van der Waals surface area (Å²) in [7, 11) is 0. The maximum atomic E-state index is 6.14. The fourth-order valence-electron chi connectivity index (χ4n) is 1.30. The average Bonchev–Trinajstić information content (AvgIpc) is 2.35. The summed E-state index contributed by atoms with van der Waals surface area (Å²) in [6.07, 6.45) is 1.38. The molecule has 1 aromatic carbocycles. The molecule has 2 rings (SSSR count). The van der Waals surface area contributed by atoms with Gasteiger partial charge in [0.1, 0.15) is 17.3 Å². The molecular formula is C11H7BrCl3N3. The number of anilines is 2. The molecule has 0 saturated heterocycles. The summed E-state index contributed by atoms with van der Waals surface area (Å²) in [5.41, 5.74) is 1.40. The van der Waals surface area contributed by atoms with E-state index in [-0.39, 0.29) is 0 Å². The van der Waals surface area contributed by atoms with Crippen molar-refractivity contribution < 1.29 is 0 Å². The van der Waals surface area contributed by atoms with Crippen LogP contribution in [-0.4, -0.2) is 9.97 Å². The summed E-state index contributed by atoms with van der Waals surface area (Å²) in [6.45, 7) is 1.82. The minimum atomic E-state index is 0.395. The highest BCUT2D eigenvalue weighted by Crippen LogP contribution is 2.37. The van der Waals surface area contributed by atoms with Gasteiger partial charge in [-0.25, -0.2) is 9.97 Å². The van der Waals surface area contributed by atoms with Crippen molar-refractivity contribution in [1.82, 2.24) is 9.97 Å². The van der Waals surface area contributed by atoms with Gasteiger partial charge in [0.15, 0.2) is 0 Å². The number of nitrogens with zero attached hydrogens (tertiary/aromatic N) is 2. The largest absolute Gasteiger partial charge is 0.339 e. The Morgan fingerprint density at radius 1 is 1.11 bits per heavy atom. The van der Waals surface area contributed by atoms with Crippen molar-refractivity contribution in [3.8, 4) is 0 Å². The second-order valence-electron chi connectivity index (χ2n) is 3.49. The van der Waals surface area contributed by atoms with Gasteiger partial charge in [-0.05, 0) is 35.0 Å². The molecule has 0 aliphatic rings. The SMILES string of the molecule is Cc1c(Cl)ncnc1Nc1ccc(Br)c(Cl)c1Cl. The normalized spacial score (nSPS) is 10.5. The summed E-state index contributed by atoms with van der Waals surface area (Å²) >= 11 is 21.4. The van der Waals surface area contributed by atoms with Gasteiger partial charge in [0.25, 0.3) is 0 Å².